The zero-order chi connectivity index (χ0) is 17.5. The fraction of sp³-hybridized carbons (Fsp3) is 0.412. The van der Waals surface area contributed by atoms with Gasteiger partial charge in [0, 0.05) is 18.3 Å². The van der Waals surface area contributed by atoms with Gasteiger partial charge in [0.1, 0.15) is 0 Å². The molecule has 2 aromatic rings. The summed E-state index contributed by atoms with van der Waals surface area (Å²) in [6, 6.07) is 8.06. The number of hydrogen-bond donors (Lipinski definition) is 1. The summed E-state index contributed by atoms with van der Waals surface area (Å²) < 4.78 is 53.7. The molecule has 7 heteroatoms. The molecule has 0 fully saturated rings. The van der Waals surface area contributed by atoms with Crippen LogP contribution >= 0.6 is 0 Å². The van der Waals surface area contributed by atoms with Gasteiger partial charge in [0.25, 0.3) is 10.0 Å². The number of hydrogen-bond acceptors (Lipinski definition) is 3. The fourth-order valence-corrected chi connectivity index (χ4v) is 4.55. The Bertz CT molecular complexity index is 843. The predicted molar refractivity (Wildman–Crippen MR) is 85.7 cm³/mol. The number of aliphatic hydroxyl groups is 1. The average molecular weight is 355 g/mol. The molecule has 4 nitrogen and oxygen atoms in total. The van der Waals surface area contributed by atoms with Crippen LogP contribution in [-0.2, 0) is 22.9 Å². The first-order valence-corrected chi connectivity index (χ1v) is 9.14. The van der Waals surface area contributed by atoms with E-state index in [1.54, 1.807) is 18.2 Å². The Morgan fingerprint density at radius 2 is 1.92 bits per heavy atom. The Morgan fingerprint density at radius 3 is 2.50 bits per heavy atom. The van der Waals surface area contributed by atoms with Crippen LogP contribution < -0.4 is 0 Å². The standard InChI is InChI=1S/C17H19F2NO3S/c1-12-2-4-14(5-3-12)24(22,23)20-9-7-13-6-8-17(11-21,16(18)19)10-15(13)20/h2-5,7,9,16,21H,6,8,10-11H2,1H3. The fourth-order valence-electron chi connectivity index (χ4n) is 3.15. The molecule has 130 valence electrons. The molecular weight excluding hydrogens is 336 g/mol. The SMILES string of the molecule is Cc1ccc(S(=O)(=O)n2ccc3c2CC(CO)(C(F)F)CC3)cc1. The highest BCUT2D eigenvalue weighted by atomic mass is 32.2. The molecule has 1 aliphatic carbocycles. The Balaban J connectivity index is 2.07. The molecule has 1 heterocycles. The van der Waals surface area contributed by atoms with Crippen molar-refractivity contribution in [3.8, 4) is 0 Å². The largest absolute Gasteiger partial charge is 0.396 e. The Labute approximate surface area is 139 Å². The number of nitrogens with zero attached hydrogens (tertiary/aromatic N) is 1. The minimum absolute atomic E-state index is 0.115. The maximum absolute atomic E-state index is 13.5. The summed E-state index contributed by atoms with van der Waals surface area (Å²) in [5, 5.41) is 9.48. The maximum Gasteiger partial charge on any atom is 0.267 e. The van der Waals surface area contributed by atoms with Crippen molar-refractivity contribution in [1.82, 2.24) is 3.97 Å². The molecule has 0 saturated heterocycles. The molecule has 1 unspecified atom stereocenters. The van der Waals surface area contributed by atoms with E-state index in [1.165, 1.54) is 18.3 Å². The highest BCUT2D eigenvalue weighted by Gasteiger charge is 2.44. The molecule has 0 aliphatic heterocycles. The lowest BCUT2D eigenvalue weighted by Crippen LogP contribution is -2.40. The smallest absolute Gasteiger partial charge is 0.267 e. The van der Waals surface area contributed by atoms with E-state index in [2.05, 4.69) is 0 Å². The van der Waals surface area contributed by atoms with E-state index in [1.807, 2.05) is 6.92 Å². The second kappa shape index (κ2) is 5.97. The second-order valence-corrected chi connectivity index (χ2v) is 8.21. The molecule has 1 atom stereocenters. The van der Waals surface area contributed by atoms with Gasteiger partial charge < -0.3 is 5.11 Å². The number of halogens is 2. The third-order valence-corrected chi connectivity index (χ3v) is 6.54. The highest BCUT2D eigenvalue weighted by Crippen LogP contribution is 2.41. The van der Waals surface area contributed by atoms with Gasteiger partial charge in [-0.1, -0.05) is 17.7 Å². The molecule has 0 amide bonds. The number of aryl methyl sites for hydroxylation is 2. The van der Waals surface area contributed by atoms with Crippen LogP contribution in [0.5, 0.6) is 0 Å². The number of benzene rings is 1. The van der Waals surface area contributed by atoms with Gasteiger partial charge in [0.05, 0.1) is 16.9 Å². The first-order valence-electron chi connectivity index (χ1n) is 7.70. The lowest BCUT2D eigenvalue weighted by Gasteiger charge is -2.35. The molecule has 3 rings (SSSR count). The summed E-state index contributed by atoms with van der Waals surface area (Å²) in [6.07, 6.45) is -0.978. The van der Waals surface area contributed by atoms with E-state index in [0.29, 0.717) is 12.1 Å². The first-order chi connectivity index (χ1) is 11.3. The summed E-state index contributed by atoms with van der Waals surface area (Å²) in [5.74, 6) is 0. The van der Waals surface area contributed by atoms with Gasteiger partial charge in [0.15, 0.2) is 0 Å². The maximum atomic E-state index is 13.5. The molecule has 24 heavy (non-hydrogen) atoms. The van der Waals surface area contributed by atoms with E-state index in [0.717, 1.165) is 15.1 Å². The van der Waals surface area contributed by atoms with Crippen molar-refractivity contribution in [2.45, 2.75) is 37.5 Å². The van der Waals surface area contributed by atoms with Gasteiger partial charge in [-0.3, -0.25) is 0 Å². The van der Waals surface area contributed by atoms with Gasteiger partial charge in [-0.05, 0) is 43.5 Å². The highest BCUT2D eigenvalue weighted by molar-refractivity contribution is 7.90. The average Bonchev–Trinajstić information content (AvgIpc) is 2.98. The van der Waals surface area contributed by atoms with E-state index in [-0.39, 0.29) is 17.7 Å². The topological polar surface area (TPSA) is 59.3 Å². The second-order valence-electron chi connectivity index (χ2n) is 6.40. The summed E-state index contributed by atoms with van der Waals surface area (Å²) >= 11 is 0. The summed E-state index contributed by atoms with van der Waals surface area (Å²) in [7, 11) is -3.85. The van der Waals surface area contributed by atoms with E-state index in [4.69, 9.17) is 0 Å². The Hall–Kier alpha value is -1.73. The number of aliphatic hydroxyl groups excluding tert-OH is 1. The molecule has 1 aromatic heterocycles. The van der Waals surface area contributed by atoms with Gasteiger partial charge in [0.2, 0.25) is 6.43 Å². The molecule has 1 N–H and O–H groups in total. The monoisotopic (exact) mass is 355 g/mol. The Morgan fingerprint density at radius 1 is 1.25 bits per heavy atom. The van der Waals surface area contributed by atoms with Gasteiger partial charge in [-0.15, -0.1) is 0 Å². The van der Waals surface area contributed by atoms with Crippen molar-refractivity contribution in [2.75, 3.05) is 6.61 Å². The molecule has 1 aliphatic rings. The lowest BCUT2D eigenvalue weighted by atomic mass is 9.74. The van der Waals surface area contributed by atoms with Crippen LogP contribution in [0.1, 0.15) is 23.2 Å². The van der Waals surface area contributed by atoms with Crippen LogP contribution in [-0.4, -0.2) is 30.5 Å². The van der Waals surface area contributed by atoms with E-state index >= 15 is 0 Å². The molecular formula is C17H19F2NO3S. The van der Waals surface area contributed by atoms with Crippen molar-refractivity contribution in [1.29, 1.82) is 0 Å². The van der Waals surface area contributed by atoms with Crippen molar-refractivity contribution in [2.24, 2.45) is 5.41 Å². The van der Waals surface area contributed by atoms with Gasteiger partial charge in [-0.25, -0.2) is 21.2 Å². The normalized spacial score (nSPS) is 21.0. The zero-order valence-corrected chi connectivity index (χ0v) is 14.1. The van der Waals surface area contributed by atoms with Crippen LogP contribution in [0.3, 0.4) is 0 Å². The van der Waals surface area contributed by atoms with Gasteiger partial charge in [-0.2, -0.15) is 0 Å². The molecule has 0 radical (unpaired) electrons. The summed E-state index contributed by atoms with van der Waals surface area (Å²) in [4.78, 5) is 0.115. The molecule has 0 saturated carbocycles. The van der Waals surface area contributed by atoms with Crippen molar-refractivity contribution in [3.05, 3.63) is 53.3 Å². The van der Waals surface area contributed by atoms with Crippen LogP contribution in [0, 0.1) is 12.3 Å². The number of fused-ring (bicyclic) bond motifs is 1. The van der Waals surface area contributed by atoms with Crippen LogP contribution in [0.15, 0.2) is 41.4 Å². The molecule has 0 spiro atoms. The third-order valence-electron chi connectivity index (χ3n) is 4.82. The van der Waals surface area contributed by atoms with Crippen LogP contribution in [0.25, 0.3) is 0 Å². The zero-order valence-electron chi connectivity index (χ0n) is 13.2. The summed E-state index contributed by atoms with van der Waals surface area (Å²) in [6.45, 7) is 1.19. The number of aromatic nitrogens is 1. The number of alkyl halides is 2. The van der Waals surface area contributed by atoms with Crippen molar-refractivity contribution in [3.63, 3.8) is 0 Å². The quantitative estimate of drug-likeness (QED) is 0.917. The first kappa shape index (κ1) is 17.1. The molecule has 1 aromatic carbocycles. The molecule has 0 bridgehead atoms. The van der Waals surface area contributed by atoms with Crippen molar-refractivity contribution >= 4 is 10.0 Å². The predicted octanol–water partition coefficient (Wildman–Crippen LogP) is 2.77. The number of rotatable bonds is 4. The van der Waals surface area contributed by atoms with Crippen molar-refractivity contribution < 1.29 is 22.3 Å². The van der Waals surface area contributed by atoms with E-state index < -0.39 is 28.5 Å². The minimum atomic E-state index is -3.85. The summed E-state index contributed by atoms with van der Waals surface area (Å²) in [5.41, 5.74) is 0.443. The van der Waals surface area contributed by atoms with Crippen LogP contribution in [0.4, 0.5) is 8.78 Å². The Kier molecular flexibility index (Phi) is 4.25. The van der Waals surface area contributed by atoms with Gasteiger partial charge >= 0.3 is 0 Å². The minimum Gasteiger partial charge on any atom is -0.396 e. The van der Waals surface area contributed by atoms with Crippen LogP contribution in [0.2, 0.25) is 0 Å². The van der Waals surface area contributed by atoms with E-state index in [9.17, 15) is 22.3 Å². The third kappa shape index (κ3) is 2.65. The lowest BCUT2D eigenvalue weighted by molar-refractivity contribution is -0.0517.